The molecule has 0 radical (unpaired) electrons. The van der Waals surface area contributed by atoms with Crippen molar-refractivity contribution in [2.24, 2.45) is 0 Å². The molecule has 7 heteroatoms. The molecular weight excluding hydrogens is 284 g/mol. The zero-order chi connectivity index (χ0) is 14.3. The fourth-order valence-corrected chi connectivity index (χ4v) is 2.03. The average molecular weight is 305 g/mol. The number of nitrogens with one attached hydrogen (secondary N) is 1. The van der Waals surface area contributed by atoms with Crippen LogP contribution in [0.4, 0.5) is 0 Å². The van der Waals surface area contributed by atoms with Gasteiger partial charge in [0.2, 0.25) is 0 Å². The van der Waals surface area contributed by atoms with Gasteiger partial charge in [0, 0.05) is 33.9 Å². The Balaban J connectivity index is 2.47. The number of ether oxygens (including phenoxy) is 1. The van der Waals surface area contributed by atoms with Gasteiger partial charge in [0.15, 0.2) is 5.11 Å². The normalized spacial score (nSPS) is 10.5. The van der Waals surface area contributed by atoms with Crippen LogP contribution in [0.1, 0.15) is 19.0 Å². The zero-order valence-corrected chi connectivity index (χ0v) is 13.2. The molecule has 0 saturated heterocycles. The summed E-state index contributed by atoms with van der Waals surface area (Å²) in [6, 6.07) is 0. The molecule has 1 rings (SSSR count). The number of hydrogen-bond donors (Lipinski definition) is 1. The van der Waals surface area contributed by atoms with E-state index in [4.69, 9.17) is 28.6 Å². The molecule has 0 aliphatic carbocycles. The molecule has 19 heavy (non-hydrogen) atoms. The van der Waals surface area contributed by atoms with Gasteiger partial charge in [-0.1, -0.05) is 11.6 Å². The summed E-state index contributed by atoms with van der Waals surface area (Å²) < 4.78 is 6.87. The molecule has 0 aromatic carbocycles. The third kappa shape index (κ3) is 4.97. The third-order valence-corrected chi connectivity index (χ3v) is 3.50. The molecule has 108 valence electrons. The van der Waals surface area contributed by atoms with Gasteiger partial charge in [-0.15, -0.1) is 0 Å². The predicted molar refractivity (Wildman–Crippen MR) is 81.5 cm³/mol. The highest BCUT2D eigenvalue weighted by Crippen LogP contribution is 2.16. The first kappa shape index (κ1) is 16.2. The quantitative estimate of drug-likeness (QED) is 0.615. The summed E-state index contributed by atoms with van der Waals surface area (Å²) in [4.78, 5) is 1.96. The molecule has 0 saturated carbocycles. The minimum absolute atomic E-state index is 0.642. The Labute approximate surface area is 124 Å². The van der Waals surface area contributed by atoms with E-state index in [1.165, 1.54) is 0 Å². The molecule has 0 amide bonds. The van der Waals surface area contributed by atoms with Crippen molar-refractivity contribution in [3.8, 4) is 0 Å². The number of halogens is 1. The Morgan fingerprint density at radius 2 is 2.37 bits per heavy atom. The van der Waals surface area contributed by atoms with Crippen molar-refractivity contribution in [3.05, 3.63) is 16.9 Å². The van der Waals surface area contributed by atoms with Gasteiger partial charge < -0.3 is 15.0 Å². The van der Waals surface area contributed by atoms with E-state index in [0.29, 0.717) is 16.7 Å². The monoisotopic (exact) mass is 304 g/mol. The lowest BCUT2D eigenvalue weighted by Crippen LogP contribution is -2.37. The van der Waals surface area contributed by atoms with E-state index in [1.54, 1.807) is 13.3 Å². The van der Waals surface area contributed by atoms with E-state index in [-0.39, 0.29) is 0 Å². The highest BCUT2D eigenvalue weighted by atomic mass is 35.5. The van der Waals surface area contributed by atoms with Crippen LogP contribution in [0.2, 0.25) is 5.02 Å². The van der Waals surface area contributed by atoms with Crippen molar-refractivity contribution in [2.45, 2.75) is 26.4 Å². The maximum Gasteiger partial charge on any atom is 0.169 e. The molecular formula is C12H21ClN4OS. The molecule has 0 atom stereocenters. The number of aryl methyl sites for hydroxylation is 1. The van der Waals surface area contributed by atoms with Crippen LogP contribution in [0.15, 0.2) is 6.20 Å². The lowest BCUT2D eigenvalue weighted by Gasteiger charge is -2.21. The molecule has 5 nitrogen and oxygen atoms in total. The van der Waals surface area contributed by atoms with Crippen LogP contribution < -0.4 is 5.32 Å². The van der Waals surface area contributed by atoms with E-state index < -0.39 is 0 Å². The molecule has 1 aromatic rings. The topological polar surface area (TPSA) is 42.3 Å². The fraction of sp³-hybridized carbons (Fsp3) is 0.667. The van der Waals surface area contributed by atoms with Gasteiger partial charge in [0.25, 0.3) is 0 Å². The first-order valence-corrected chi connectivity index (χ1v) is 7.06. The van der Waals surface area contributed by atoms with Gasteiger partial charge >= 0.3 is 0 Å². The van der Waals surface area contributed by atoms with E-state index in [9.17, 15) is 0 Å². The summed E-state index contributed by atoms with van der Waals surface area (Å²) in [6.07, 6.45) is 2.60. The number of methoxy groups -OCH3 is 1. The highest BCUT2D eigenvalue weighted by Gasteiger charge is 2.12. The van der Waals surface area contributed by atoms with E-state index >= 15 is 0 Å². The van der Waals surface area contributed by atoms with Crippen molar-refractivity contribution in [2.75, 3.05) is 27.3 Å². The fourth-order valence-electron chi connectivity index (χ4n) is 1.66. The van der Waals surface area contributed by atoms with Crippen LogP contribution in [0, 0.1) is 0 Å². The summed E-state index contributed by atoms with van der Waals surface area (Å²) in [5.74, 6) is 0. The summed E-state index contributed by atoms with van der Waals surface area (Å²) in [6.45, 7) is 5.01. The first-order chi connectivity index (χ1) is 9.10. The predicted octanol–water partition coefficient (Wildman–Crippen LogP) is 1.90. The summed E-state index contributed by atoms with van der Waals surface area (Å²) in [5.41, 5.74) is 0.979. The van der Waals surface area contributed by atoms with Crippen LogP contribution in [0.5, 0.6) is 0 Å². The highest BCUT2D eigenvalue weighted by molar-refractivity contribution is 7.80. The van der Waals surface area contributed by atoms with E-state index in [0.717, 1.165) is 31.8 Å². The van der Waals surface area contributed by atoms with Gasteiger partial charge in [-0.25, -0.2) is 0 Å². The Kier molecular flexibility index (Phi) is 7.12. The minimum atomic E-state index is 0.642. The number of nitrogens with zero attached hydrogens (tertiary/aromatic N) is 3. The Morgan fingerprint density at radius 3 is 3.00 bits per heavy atom. The van der Waals surface area contributed by atoms with Crippen molar-refractivity contribution in [1.29, 1.82) is 0 Å². The Morgan fingerprint density at radius 1 is 1.63 bits per heavy atom. The lowest BCUT2D eigenvalue weighted by molar-refractivity contribution is 0.195. The Hall–Kier alpha value is -0.850. The van der Waals surface area contributed by atoms with Crippen molar-refractivity contribution >= 4 is 28.9 Å². The van der Waals surface area contributed by atoms with Gasteiger partial charge in [0.05, 0.1) is 23.5 Å². The zero-order valence-electron chi connectivity index (χ0n) is 11.6. The van der Waals surface area contributed by atoms with Crippen LogP contribution in [0.3, 0.4) is 0 Å². The molecule has 1 aromatic heterocycles. The second-order valence-corrected chi connectivity index (χ2v) is 4.98. The van der Waals surface area contributed by atoms with Crippen molar-refractivity contribution < 1.29 is 4.74 Å². The molecule has 0 bridgehead atoms. The molecule has 0 aliphatic heterocycles. The number of hydrogen-bond acceptors (Lipinski definition) is 3. The second-order valence-electron chi connectivity index (χ2n) is 4.19. The smallest absolute Gasteiger partial charge is 0.169 e. The number of rotatable bonds is 7. The van der Waals surface area contributed by atoms with Crippen LogP contribution in [0.25, 0.3) is 0 Å². The summed E-state index contributed by atoms with van der Waals surface area (Å²) in [5, 5.41) is 8.78. The molecule has 0 unspecified atom stereocenters. The Bertz CT molecular complexity index is 410. The average Bonchev–Trinajstić information content (AvgIpc) is 2.75. The van der Waals surface area contributed by atoms with Gasteiger partial charge in [-0.3, -0.25) is 4.68 Å². The lowest BCUT2D eigenvalue weighted by atomic mass is 10.4. The van der Waals surface area contributed by atoms with Gasteiger partial charge in [-0.2, -0.15) is 5.10 Å². The van der Waals surface area contributed by atoms with Crippen molar-refractivity contribution in [3.63, 3.8) is 0 Å². The maximum atomic E-state index is 6.13. The van der Waals surface area contributed by atoms with Gasteiger partial charge in [-0.05, 0) is 25.6 Å². The van der Waals surface area contributed by atoms with Gasteiger partial charge in [0.1, 0.15) is 0 Å². The molecule has 0 fully saturated rings. The SMILES string of the molecule is CCn1ncc(Cl)c1CN(C)C(=S)NCCCOC. The molecule has 1 N–H and O–H groups in total. The van der Waals surface area contributed by atoms with E-state index in [1.807, 2.05) is 23.6 Å². The van der Waals surface area contributed by atoms with Crippen LogP contribution >= 0.6 is 23.8 Å². The largest absolute Gasteiger partial charge is 0.385 e. The number of thiocarbonyl (C=S) groups is 1. The molecule has 0 spiro atoms. The summed E-state index contributed by atoms with van der Waals surface area (Å²) in [7, 11) is 3.63. The van der Waals surface area contributed by atoms with Crippen molar-refractivity contribution in [1.82, 2.24) is 20.0 Å². The third-order valence-electron chi connectivity index (χ3n) is 2.73. The van der Waals surface area contributed by atoms with Crippen LogP contribution in [-0.2, 0) is 17.8 Å². The molecule has 0 aliphatic rings. The van der Waals surface area contributed by atoms with E-state index in [2.05, 4.69) is 10.4 Å². The second kappa shape index (κ2) is 8.35. The standard InChI is InChI=1S/C12H21ClN4OS/c1-4-17-11(10(13)8-15-17)9-16(2)12(19)14-6-5-7-18-3/h8H,4-7,9H2,1-3H3,(H,14,19). The first-order valence-electron chi connectivity index (χ1n) is 6.28. The maximum absolute atomic E-state index is 6.13. The minimum Gasteiger partial charge on any atom is -0.385 e. The summed E-state index contributed by atoms with van der Waals surface area (Å²) >= 11 is 11.5. The number of aromatic nitrogens is 2. The van der Waals surface area contributed by atoms with Crippen LogP contribution in [-0.4, -0.2) is 47.1 Å². The molecule has 1 heterocycles.